The highest BCUT2D eigenvalue weighted by atomic mass is 79.9. The summed E-state index contributed by atoms with van der Waals surface area (Å²) in [6, 6.07) is 3.36. The second-order valence-corrected chi connectivity index (χ2v) is 6.64. The first-order chi connectivity index (χ1) is 8.97. The molecule has 1 aromatic rings. The van der Waals surface area contributed by atoms with Gasteiger partial charge >= 0.3 is 0 Å². The molecular weight excluding hydrogens is 331 g/mol. The Bertz CT molecular complexity index is 430. The van der Waals surface area contributed by atoms with Crippen LogP contribution in [0.3, 0.4) is 0 Å². The summed E-state index contributed by atoms with van der Waals surface area (Å²) in [4.78, 5) is 2.23. The molecule has 1 N–H and O–H groups in total. The molecule has 0 radical (unpaired) electrons. The Labute approximate surface area is 127 Å². The molecule has 1 atom stereocenters. The maximum atomic E-state index is 13.2. The fourth-order valence-electron chi connectivity index (χ4n) is 2.44. The molecule has 0 spiro atoms. The van der Waals surface area contributed by atoms with E-state index in [1.165, 1.54) is 12.1 Å². The molecule has 5 heteroatoms. The first-order valence-electron chi connectivity index (χ1n) is 6.60. The minimum absolute atomic E-state index is 0.308. The molecule has 1 aromatic carbocycles. The molecule has 1 aliphatic heterocycles. The van der Waals surface area contributed by atoms with Crippen LogP contribution in [0.2, 0.25) is 5.02 Å². The molecular formula is C14H19BrClFN2. The summed E-state index contributed by atoms with van der Waals surface area (Å²) in [5, 5.41) is 3.94. The zero-order chi connectivity index (χ0) is 14.0. The molecule has 2 rings (SSSR count). The molecule has 19 heavy (non-hydrogen) atoms. The zero-order valence-electron chi connectivity index (χ0n) is 11.2. The molecule has 106 valence electrons. The number of hydrogen-bond donors (Lipinski definition) is 1. The number of nitrogens with one attached hydrogen (secondary N) is 1. The lowest BCUT2D eigenvalue weighted by Crippen LogP contribution is -2.30. The summed E-state index contributed by atoms with van der Waals surface area (Å²) in [5.41, 5.74) is 0.912. The summed E-state index contributed by atoms with van der Waals surface area (Å²) in [5.74, 6) is 0.313. The van der Waals surface area contributed by atoms with Gasteiger partial charge in [-0.3, -0.25) is 0 Å². The van der Waals surface area contributed by atoms with Gasteiger partial charge in [0.25, 0.3) is 0 Å². The summed E-state index contributed by atoms with van der Waals surface area (Å²) in [6.07, 6.45) is 1.14. The number of halogens is 3. The summed E-state index contributed by atoms with van der Waals surface area (Å²) in [7, 11) is 0. The van der Waals surface area contributed by atoms with Gasteiger partial charge in [0, 0.05) is 23.6 Å². The fourth-order valence-corrected chi connectivity index (χ4v) is 3.56. The van der Waals surface area contributed by atoms with Crippen LogP contribution in [0, 0.1) is 11.7 Å². The second-order valence-electron chi connectivity index (χ2n) is 5.38. The van der Waals surface area contributed by atoms with Crippen LogP contribution in [0.15, 0.2) is 16.6 Å². The maximum absolute atomic E-state index is 13.2. The molecule has 0 saturated carbocycles. The Kier molecular flexibility index (Phi) is 5.09. The van der Waals surface area contributed by atoms with Gasteiger partial charge in [0.05, 0.1) is 10.7 Å². The number of rotatable bonds is 4. The van der Waals surface area contributed by atoms with Gasteiger partial charge in [-0.25, -0.2) is 4.39 Å². The fraction of sp³-hybridized carbons (Fsp3) is 0.571. The van der Waals surface area contributed by atoms with Gasteiger partial charge in [-0.05, 0) is 46.9 Å². The molecule has 0 aromatic heterocycles. The molecule has 1 aliphatic rings. The topological polar surface area (TPSA) is 15.3 Å². The average Bonchev–Trinajstić information content (AvgIpc) is 2.73. The van der Waals surface area contributed by atoms with Crippen molar-refractivity contribution in [2.75, 3.05) is 24.5 Å². The van der Waals surface area contributed by atoms with Crippen LogP contribution in [0.4, 0.5) is 10.1 Å². The Morgan fingerprint density at radius 3 is 2.89 bits per heavy atom. The van der Waals surface area contributed by atoms with E-state index in [-0.39, 0.29) is 5.82 Å². The highest BCUT2D eigenvalue weighted by Crippen LogP contribution is 2.37. The smallest absolute Gasteiger partial charge is 0.125 e. The van der Waals surface area contributed by atoms with Gasteiger partial charge in [0.2, 0.25) is 0 Å². The standard InChI is InChI=1S/C14H19BrClFN2/c1-9(2)18-7-10-3-4-19(8-10)14-12(15)5-11(17)6-13(14)16/h5-6,9-10,18H,3-4,7-8H2,1-2H3. The van der Waals surface area contributed by atoms with E-state index >= 15 is 0 Å². The maximum Gasteiger partial charge on any atom is 0.125 e. The number of nitrogens with zero attached hydrogens (tertiary/aromatic N) is 1. The first-order valence-corrected chi connectivity index (χ1v) is 7.77. The van der Waals surface area contributed by atoms with Crippen molar-refractivity contribution in [2.24, 2.45) is 5.92 Å². The molecule has 0 aliphatic carbocycles. The van der Waals surface area contributed by atoms with E-state index in [9.17, 15) is 4.39 Å². The Balaban J connectivity index is 2.05. The van der Waals surface area contributed by atoms with Gasteiger partial charge in [0.1, 0.15) is 5.82 Å². The van der Waals surface area contributed by atoms with Gasteiger partial charge in [-0.15, -0.1) is 0 Å². The third-order valence-electron chi connectivity index (χ3n) is 3.40. The van der Waals surface area contributed by atoms with Crippen molar-refractivity contribution in [3.05, 3.63) is 27.4 Å². The van der Waals surface area contributed by atoms with E-state index in [1.807, 2.05) is 0 Å². The van der Waals surface area contributed by atoms with Crippen molar-refractivity contribution in [1.29, 1.82) is 0 Å². The SMILES string of the molecule is CC(C)NCC1CCN(c2c(Cl)cc(F)cc2Br)C1. The molecule has 1 heterocycles. The normalized spacial score (nSPS) is 19.5. The van der Waals surface area contributed by atoms with Crippen molar-refractivity contribution < 1.29 is 4.39 Å². The average molecular weight is 350 g/mol. The van der Waals surface area contributed by atoms with Crippen molar-refractivity contribution >= 4 is 33.2 Å². The van der Waals surface area contributed by atoms with Gasteiger partial charge in [0.15, 0.2) is 0 Å². The zero-order valence-corrected chi connectivity index (χ0v) is 13.6. The van der Waals surface area contributed by atoms with Gasteiger partial charge < -0.3 is 10.2 Å². The van der Waals surface area contributed by atoms with Crippen LogP contribution in [0.1, 0.15) is 20.3 Å². The number of hydrogen-bond acceptors (Lipinski definition) is 2. The van der Waals surface area contributed by atoms with Crippen LogP contribution in [-0.2, 0) is 0 Å². The lowest BCUT2D eigenvalue weighted by atomic mass is 10.1. The Morgan fingerprint density at radius 1 is 1.53 bits per heavy atom. The minimum atomic E-state index is -0.308. The summed E-state index contributed by atoms with van der Waals surface area (Å²) < 4.78 is 14.0. The molecule has 0 amide bonds. The van der Waals surface area contributed by atoms with Crippen LogP contribution >= 0.6 is 27.5 Å². The Hall–Kier alpha value is -0.320. The van der Waals surface area contributed by atoms with E-state index in [0.717, 1.165) is 36.2 Å². The van der Waals surface area contributed by atoms with Crippen molar-refractivity contribution in [2.45, 2.75) is 26.3 Å². The van der Waals surface area contributed by atoms with E-state index in [0.29, 0.717) is 17.0 Å². The largest absolute Gasteiger partial charge is 0.369 e. The highest BCUT2D eigenvalue weighted by molar-refractivity contribution is 9.10. The summed E-state index contributed by atoms with van der Waals surface area (Å²) in [6.45, 7) is 7.25. The van der Waals surface area contributed by atoms with Crippen LogP contribution in [0.5, 0.6) is 0 Å². The molecule has 0 bridgehead atoms. The molecule has 2 nitrogen and oxygen atoms in total. The summed E-state index contributed by atoms with van der Waals surface area (Å²) >= 11 is 9.57. The third kappa shape index (κ3) is 3.83. The van der Waals surface area contributed by atoms with Crippen molar-refractivity contribution in [3.63, 3.8) is 0 Å². The van der Waals surface area contributed by atoms with Crippen LogP contribution in [0.25, 0.3) is 0 Å². The molecule has 1 unspecified atom stereocenters. The number of benzene rings is 1. The van der Waals surface area contributed by atoms with Gasteiger partial charge in [-0.2, -0.15) is 0 Å². The quantitative estimate of drug-likeness (QED) is 0.881. The Morgan fingerprint density at radius 2 is 2.26 bits per heavy atom. The second kappa shape index (κ2) is 6.42. The third-order valence-corrected chi connectivity index (χ3v) is 4.29. The minimum Gasteiger partial charge on any atom is -0.369 e. The number of anilines is 1. The van der Waals surface area contributed by atoms with Crippen molar-refractivity contribution in [1.82, 2.24) is 5.32 Å². The van der Waals surface area contributed by atoms with Gasteiger partial charge in [-0.1, -0.05) is 25.4 Å². The van der Waals surface area contributed by atoms with Crippen LogP contribution < -0.4 is 10.2 Å². The predicted octanol–water partition coefficient (Wildman–Crippen LogP) is 4.07. The first kappa shape index (κ1) is 15.1. The lowest BCUT2D eigenvalue weighted by Gasteiger charge is -2.22. The molecule has 1 fully saturated rings. The monoisotopic (exact) mass is 348 g/mol. The predicted molar refractivity (Wildman–Crippen MR) is 82.6 cm³/mol. The molecule has 1 saturated heterocycles. The van der Waals surface area contributed by atoms with Crippen molar-refractivity contribution in [3.8, 4) is 0 Å². The van der Waals surface area contributed by atoms with E-state index in [4.69, 9.17) is 11.6 Å². The lowest BCUT2D eigenvalue weighted by molar-refractivity contribution is 0.480. The van der Waals surface area contributed by atoms with E-state index in [2.05, 4.69) is 40.0 Å². The highest BCUT2D eigenvalue weighted by Gasteiger charge is 2.25. The van der Waals surface area contributed by atoms with E-state index in [1.54, 1.807) is 0 Å². The van der Waals surface area contributed by atoms with E-state index < -0.39 is 0 Å². The van der Waals surface area contributed by atoms with Crippen LogP contribution in [-0.4, -0.2) is 25.7 Å².